The fourth-order valence-electron chi connectivity index (χ4n) is 4.55. The van der Waals surface area contributed by atoms with Crippen LogP contribution in [0.3, 0.4) is 0 Å². The van der Waals surface area contributed by atoms with Gasteiger partial charge >= 0.3 is 6.18 Å². The van der Waals surface area contributed by atoms with E-state index in [0.29, 0.717) is 47.3 Å². The molecule has 7 nitrogen and oxygen atoms in total. The Morgan fingerprint density at radius 3 is 2.57 bits per heavy atom. The molecule has 0 unspecified atom stereocenters. The highest BCUT2D eigenvalue weighted by atomic mass is 35.5. The van der Waals surface area contributed by atoms with E-state index in [-0.39, 0.29) is 18.4 Å². The van der Waals surface area contributed by atoms with Gasteiger partial charge in [0, 0.05) is 43.4 Å². The van der Waals surface area contributed by atoms with Crippen molar-refractivity contribution in [2.75, 3.05) is 56.1 Å². The zero-order chi connectivity index (χ0) is 26.4. The highest BCUT2D eigenvalue weighted by Crippen LogP contribution is 2.35. The molecule has 2 N–H and O–H groups in total. The Morgan fingerprint density at radius 2 is 1.81 bits per heavy atom. The summed E-state index contributed by atoms with van der Waals surface area (Å²) in [5.74, 6) is -0.262. The van der Waals surface area contributed by atoms with Gasteiger partial charge in [-0.25, -0.2) is 0 Å². The molecule has 0 aromatic heterocycles. The van der Waals surface area contributed by atoms with Gasteiger partial charge in [-0.2, -0.15) is 13.2 Å². The van der Waals surface area contributed by atoms with E-state index >= 15 is 0 Å². The second-order valence-electron chi connectivity index (χ2n) is 9.21. The van der Waals surface area contributed by atoms with Crippen LogP contribution in [-0.4, -0.2) is 62.6 Å². The molecule has 2 aliphatic heterocycles. The number of alkyl halides is 3. The summed E-state index contributed by atoms with van der Waals surface area (Å²) in [6.45, 7) is 4.36. The van der Waals surface area contributed by atoms with Crippen molar-refractivity contribution in [1.29, 1.82) is 0 Å². The van der Waals surface area contributed by atoms with E-state index in [1.54, 1.807) is 12.1 Å². The molecule has 1 fully saturated rings. The highest BCUT2D eigenvalue weighted by molar-refractivity contribution is 6.31. The van der Waals surface area contributed by atoms with Crippen LogP contribution in [0.1, 0.15) is 41.6 Å². The molecule has 4 rings (SSSR count). The number of nitrogens with zero attached hydrogens (tertiary/aromatic N) is 2. The fourth-order valence-corrected chi connectivity index (χ4v) is 4.77. The molecule has 2 aromatic carbocycles. The molecule has 2 aliphatic rings. The summed E-state index contributed by atoms with van der Waals surface area (Å²) in [7, 11) is 0. The first-order chi connectivity index (χ1) is 17.7. The van der Waals surface area contributed by atoms with Crippen molar-refractivity contribution in [2.24, 2.45) is 0 Å². The number of carbonyl (C=O) groups is 2. The Bertz CT molecular complexity index is 1120. The van der Waals surface area contributed by atoms with Crippen LogP contribution in [0, 0.1) is 0 Å². The molecule has 0 saturated carbocycles. The van der Waals surface area contributed by atoms with Crippen LogP contribution >= 0.6 is 11.6 Å². The van der Waals surface area contributed by atoms with Crippen LogP contribution in [0.15, 0.2) is 36.4 Å². The molecule has 0 radical (unpaired) electrons. The number of nitrogens with one attached hydrogen (secondary N) is 2. The molecule has 2 heterocycles. The maximum absolute atomic E-state index is 13.0. The summed E-state index contributed by atoms with van der Waals surface area (Å²) in [4.78, 5) is 28.5. The van der Waals surface area contributed by atoms with Crippen LogP contribution in [0.2, 0.25) is 5.02 Å². The average Bonchev–Trinajstić information content (AvgIpc) is 2.87. The monoisotopic (exact) mass is 538 g/mol. The SMILES string of the molecule is O=C1COc2c(cc(Cl)cc2C(=O)NCCCCCCN2CCN(c3cccc(C(F)(F)F)c3)CC2)N1. The predicted octanol–water partition coefficient (Wildman–Crippen LogP) is 4.80. The van der Waals surface area contributed by atoms with Crippen LogP contribution in [0.5, 0.6) is 5.75 Å². The summed E-state index contributed by atoms with van der Waals surface area (Å²) >= 11 is 6.08. The van der Waals surface area contributed by atoms with Crippen molar-refractivity contribution in [3.8, 4) is 5.75 Å². The normalized spacial score (nSPS) is 16.1. The standard InChI is InChI=1S/C26H30ClF3N4O3/c27-19-15-21(24-22(16-19)32-23(35)17-37-24)25(36)31-8-3-1-2-4-9-33-10-12-34(13-11-33)20-7-5-6-18(14-20)26(28,29)30/h5-7,14-16H,1-4,8-13,17H2,(H,31,36)(H,32,35). The quantitative estimate of drug-likeness (QED) is 0.449. The number of hydrogen-bond acceptors (Lipinski definition) is 5. The van der Waals surface area contributed by atoms with Crippen LogP contribution in [-0.2, 0) is 11.0 Å². The molecule has 200 valence electrons. The largest absolute Gasteiger partial charge is 0.481 e. The van der Waals surface area contributed by atoms with E-state index in [4.69, 9.17) is 16.3 Å². The molecule has 0 bridgehead atoms. The van der Waals surface area contributed by atoms with Gasteiger partial charge in [0.05, 0.1) is 16.8 Å². The number of hydrogen-bond donors (Lipinski definition) is 2. The predicted molar refractivity (Wildman–Crippen MR) is 136 cm³/mol. The molecule has 2 amide bonds. The van der Waals surface area contributed by atoms with E-state index in [2.05, 4.69) is 15.5 Å². The molecule has 0 atom stereocenters. The third kappa shape index (κ3) is 7.29. The summed E-state index contributed by atoms with van der Waals surface area (Å²) in [6, 6.07) is 8.60. The average molecular weight is 539 g/mol. The molecular formula is C26H30ClF3N4O3. The van der Waals surface area contributed by atoms with Gasteiger partial charge in [-0.3, -0.25) is 14.5 Å². The number of fused-ring (bicyclic) bond motifs is 1. The van der Waals surface area contributed by atoms with Crippen LogP contribution < -0.4 is 20.3 Å². The van der Waals surface area contributed by atoms with Gasteiger partial charge in [0.15, 0.2) is 12.4 Å². The summed E-state index contributed by atoms with van der Waals surface area (Å²) < 4.78 is 44.4. The number of amides is 2. The number of unbranched alkanes of at least 4 members (excludes halogenated alkanes) is 3. The number of benzene rings is 2. The maximum atomic E-state index is 13.0. The fraction of sp³-hybridized carbons (Fsp3) is 0.462. The molecular weight excluding hydrogens is 509 g/mol. The van der Waals surface area contributed by atoms with Gasteiger partial charge in [0.2, 0.25) is 0 Å². The minimum atomic E-state index is -4.33. The van der Waals surface area contributed by atoms with Crippen LogP contribution in [0.4, 0.5) is 24.5 Å². The van der Waals surface area contributed by atoms with Crippen molar-refractivity contribution in [3.05, 3.63) is 52.5 Å². The minimum absolute atomic E-state index is 0.144. The lowest BCUT2D eigenvalue weighted by atomic mass is 10.1. The van der Waals surface area contributed by atoms with Crippen molar-refractivity contribution in [2.45, 2.75) is 31.9 Å². The number of anilines is 2. The van der Waals surface area contributed by atoms with E-state index in [1.165, 1.54) is 18.2 Å². The first kappa shape index (κ1) is 27.1. The highest BCUT2D eigenvalue weighted by Gasteiger charge is 2.31. The third-order valence-corrected chi connectivity index (χ3v) is 6.74. The molecule has 0 aliphatic carbocycles. The molecule has 11 heteroatoms. The molecule has 0 spiro atoms. The van der Waals surface area contributed by atoms with E-state index < -0.39 is 11.7 Å². The topological polar surface area (TPSA) is 73.9 Å². The van der Waals surface area contributed by atoms with Gasteiger partial charge in [0.25, 0.3) is 11.8 Å². The minimum Gasteiger partial charge on any atom is -0.481 e. The lowest BCUT2D eigenvalue weighted by Crippen LogP contribution is -2.46. The smallest absolute Gasteiger partial charge is 0.416 e. The van der Waals surface area contributed by atoms with Crippen LogP contribution in [0.25, 0.3) is 0 Å². The summed E-state index contributed by atoms with van der Waals surface area (Å²) in [5.41, 5.74) is 0.694. The van der Waals surface area contributed by atoms with Gasteiger partial charge < -0.3 is 20.3 Å². The number of ether oxygens (including phenoxy) is 1. The van der Waals surface area contributed by atoms with Crippen molar-refractivity contribution >= 4 is 34.8 Å². The van der Waals surface area contributed by atoms with E-state index in [1.807, 2.05) is 4.90 Å². The first-order valence-electron chi connectivity index (χ1n) is 12.4. The third-order valence-electron chi connectivity index (χ3n) is 6.52. The Labute approximate surface area is 218 Å². The molecule has 1 saturated heterocycles. The Hall–Kier alpha value is -2.98. The maximum Gasteiger partial charge on any atom is 0.416 e. The zero-order valence-corrected chi connectivity index (χ0v) is 21.1. The molecule has 37 heavy (non-hydrogen) atoms. The number of piperazine rings is 1. The number of halogens is 4. The van der Waals surface area contributed by atoms with Gasteiger partial charge in [-0.1, -0.05) is 30.5 Å². The lowest BCUT2D eigenvalue weighted by molar-refractivity contribution is -0.137. The van der Waals surface area contributed by atoms with E-state index in [0.717, 1.165) is 51.4 Å². The second-order valence-corrected chi connectivity index (χ2v) is 9.65. The lowest BCUT2D eigenvalue weighted by Gasteiger charge is -2.36. The van der Waals surface area contributed by atoms with Gasteiger partial charge in [-0.05, 0) is 49.7 Å². The summed E-state index contributed by atoms with van der Waals surface area (Å²) in [6.07, 6.45) is -0.499. The Kier molecular flexibility index (Phi) is 8.81. The zero-order valence-electron chi connectivity index (χ0n) is 20.4. The number of rotatable bonds is 9. The summed E-state index contributed by atoms with van der Waals surface area (Å²) in [5, 5.41) is 5.88. The van der Waals surface area contributed by atoms with Gasteiger partial charge in [0.1, 0.15) is 0 Å². The van der Waals surface area contributed by atoms with E-state index in [9.17, 15) is 22.8 Å². The van der Waals surface area contributed by atoms with Crippen molar-refractivity contribution in [1.82, 2.24) is 10.2 Å². The van der Waals surface area contributed by atoms with Gasteiger partial charge in [-0.15, -0.1) is 0 Å². The Morgan fingerprint density at radius 1 is 1.05 bits per heavy atom. The van der Waals surface area contributed by atoms with Crippen molar-refractivity contribution < 1.29 is 27.5 Å². The number of carbonyl (C=O) groups excluding carboxylic acids is 2. The molecule has 2 aromatic rings. The Balaban J connectivity index is 1.11. The second kappa shape index (κ2) is 12.0. The van der Waals surface area contributed by atoms with Crippen molar-refractivity contribution in [3.63, 3.8) is 0 Å². The first-order valence-corrected chi connectivity index (χ1v) is 12.8.